The molecule has 2 fully saturated rings. The van der Waals surface area contributed by atoms with Gasteiger partial charge in [-0.25, -0.2) is 0 Å². The number of hydrogen-bond donors (Lipinski definition) is 0. The molecule has 2 aliphatic rings. The van der Waals surface area contributed by atoms with E-state index >= 15 is 0 Å². The molecule has 3 atom stereocenters. The summed E-state index contributed by atoms with van der Waals surface area (Å²) in [5.41, 5.74) is 3.16. The Balaban J connectivity index is 1.45. The number of nitrogens with zero attached hydrogens (tertiary/aromatic N) is 6. The van der Waals surface area contributed by atoms with Gasteiger partial charge < -0.3 is 18.8 Å². The Morgan fingerprint density at radius 3 is 2.69 bits per heavy atom. The number of hydrogen-bond acceptors (Lipinski definition) is 6. The second kappa shape index (κ2) is 7.75. The van der Waals surface area contributed by atoms with Crippen molar-refractivity contribution >= 4 is 22.5 Å². The molecule has 166 valence electrons. The molecule has 0 aromatic carbocycles. The first-order chi connectivity index (χ1) is 15.4. The van der Waals surface area contributed by atoms with Crippen molar-refractivity contribution in [1.29, 1.82) is 0 Å². The van der Waals surface area contributed by atoms with Gasteiger partial charge in [0.05, 0.1) is 17.2 Å². The second-order valence-electron chi connectivity index (χ2n) is 9.23. The Morgan fingerprint density at radius 1 is 1.19 bits per heavy atom. The largest absolute Gasteiger partial charge is 0.362 e. The fourth-order valence-electron chi connectivity index (χ4n) is 4.84. The molecule has 3 aromatic heterocycles. The molecule has 5 rings (SSSR count). The molecule has 1 aliphatic carbocycles. The van der Waals surface area contributed by atoms with Crippen LogP contribution in [0.5, 0.6) is 0 Å². The van der Waals surface area contributed by atoms with E-state index in [0.717, 1.165) is 35.7 Å². The SMILES string of the molecule is [C-]#[N+]c1ccc2c(n1)c(N1C[C@@H](C)N(C(C)c3cc(C4CC4)on3)C[C@@H]1C)cc(=O)n2C. The molecular formula is C24H28N6O2. The van der Waals surface area contributed by atoms with Crippen LogP contribution >= 0.6 is 0 Å². The predicted octanol–water partition coefficient (Wildman–Crippen LogP) is 4.01. The number of pyridine rings is 2. The molecular weight excluding hydrogens is 404 g/mol. The summed E-state index contributed by atoms with van der Waals surface area (Å²) in [6.45, 7) is 15.5. The Labute approximate surface area is 187 Å². The minimum atomic E-state index is -0.0734. The minimum absolute atomic E-state index is 0.0734. The molecule has 1 unspecified atom stereocenters. The van der Waals surface area contributed by atoms with Crippen molar-refractivity contribution in [3.8, 4) is 0 Å². The first-order valence-electron chi connectivity index (χ1n) is 11.2. The molecule has 1 saturated carbocycles. The molecule has 4 heterocycles. The van der Waals surface area contributed by atoms with Crippen molar-refractivity contribution in [1.82, 2.24) is 19.6 Å². The molecule has 32 heavy (non-hydrogen) atoms. The normalized spacial score (nSPS) is 22.8. The molecule has 0 amide bonds. The average molecular weight is 433 g/mol. The molecule has 8 heteroatoms. The highest BCUT2D eigenvalue weighted by Crippen LogP contribution is 2.41. The van der Waals surface area contributed by atoms with Crippen molar-refractivity contribution in [2.75, 3.05) is 18.0 Å². The highest BCUT2D eigenvalue weighted by atomic mass is 16.5. The fraction of sp³-hybridized carbons (Fsp3) is 0.500. The first kappa shape index (κ1) is 20.7. The zero-order chi connectivity index (χ0) is 22.6. The van der Waals surface area contributed by atoms with Crippen LogP contribution < -0.4 is 10.5 Å². The zero-order valence-electron chi connectivity index (χ0n) is 18.9. The van der Waals surface area contributed by atoms with E-state index in [4.69, 9.17) is 11.1 Å². The second-order valence-corrected chi connectivity index (χ2v) is 9.23. The number of fused-ring (bicyclic) bond motifs is 1. The highest BCUT2D eigenvalue weighted by Gasteiger charge is 2.36. The first-order valence-corrected chi connectivity index (χ1v) is 11.2. The van der Waals surface area contributed by atoms with E-state index in [1.807, 2.05) is 6.07 Å². The number of rotatable bonds is 4. The van der Waals surface area contributed by atoms with Gasteiger partial charge in [-0.15, -0.1) is 4.98 Å². The van der Waals surface area contributed by atoms with Crippen LogP contribution in [0, 0.1) is 6.57 Å². The molecule has 0 spiro atoms. The lowest BCUT2D eigenvalue weighted by atomic mass is 10.0. The van der Waals surface area contributed by atoms with E-state index < -0.39 is 0 Å². The van der Waals surface area contributed by atoms with Gasteiger partial charge in [-0.3, -0.25) is 9.69 Å². The third kappa shape index (κ3) is 3.47. The van der Waals surface area contributed by atoms with E-state index in [1.54, 1.807) is 23.7 Å². The van der Waals surface area contributed by atoms with Gasteiger partial charge in [0, 0.05) is 50.3 Å². The summed E-state index contributed by atoms with van der Waals surface area (Å²) in [4.78, 5) is 25.4. The van der Waals surface area contributed by atoms with E-state index in [0.29, 0.717) is 17.3 Å². The molecule has 1 saturated heterocycles. The van der Waals surface area contributed by atoms with E-state index in [-0.39, 0.29) is 23.7 Å². The topological polar surface area (TPSA) is 71.8 Å². The summed E-state index contributed by atoms with van der Waals surface area (Å²) in [7, 11) is 1.74. The Bertz CT molecular complexity index is 1270. The van der Waals surface area contributed by atoms with Gasteiger partial charge in [-0.2, -0.15) is 0 Å². The third-order valence-corrected chi connectivity index (χ3v) is 6.96. The summed E-state index contributed by atoms with van der Waals surface area (Å²) in [5, 5.41) is 4.36. The summed E-state index contributed by atoms with van der Waals surface area (Å²) in [5.74, 6) is 1.90. The van der Waals surface area contributed by atoms with Gasteiger partial charge in [0.15, 0.2) is 0 Å². The molecule has 0 N–H and O–H groups in total. The van der Waals surface area contributed by atoms with Crippen LogP contribution in [0.4, 0.5) is 11.5 Å². The van der Waals surface area contributed by atoms with Crippen molar-refractivity contribution in [3.63, 3.8) is 0 Å². The third-order valence-electron chi connectivity index (χ3n) is 6.96. The van der Waals surface area contributed by atoms with Gasteiger partial charge in [-0.05, 0) is 45.7 Å². The molecule has 8 nitrogen and oxygen atoms in total. The Kier molecular flexibility index (Phi) is 5.01. The highest BCUT2D eigenvalue weighted by molar-refractivity contribution is 5.89. The lowest BCUT2D eigenvalue weighted by Crippen LogP contribution is -2.57. The maximum atomic E-state index is 12.7. The maximum absolute atomic E-state index is 12.7. The monoisotopic (exact) mass is 432 g/mol. The summed E-state index contributed by atoms with van der Waals surface area (Å²) >= 11 is 0. The average Bonchev–Trinajstić information content (AvgIpc) is 3.53. The predicted molar refractivity (Wildman–Crippen MR) is 123 cm³/mol. The van der Waals surface area contributed by atoms with Crippen LogP contribution in [-0.4, -0.2) is 44.8 Å². The van der Waals surface area contributed by atoms with Gasteiger partial charge in [0.1, 0.15) is 11.5 Å². The lowest BCUT2D eigenvalue weighted by Gasteiger charge is -2.47. The van der Waals surface area contributed by atoms with E-state index in [2.05, 4.69) is 51.6 Å². The molecule has 0 radical (unpaired) electrons. The van der Waals surface area contributed by atoms with Crippen LogP contribution in [0.3, 0.4) is 0 Å². The van der Waals surface area contributed by atoms with Gasteiger partial charge in [0.25, 0.3) is 11.4 Å². The fourth-order valence-corrected chi connectivity index (χ4v) is 4.84. The number of piperazine rings is 1. The van der Waals surface area contributed by atoms with Crippen molar-refractivity contribution < 1.29 is 4.52 Å². The van der Waals surface area contributed by atoms with Gasteiger partial charge >= 0.3 is 0 Å². The zero-order valence-corrected chi connectivity index (χ0v) is 18.9. The maximum Gasteiger partial charge on any atom is 0.270 e. The smallest absolute Gasteiger partial charge is 0.270 e. The molecule has 0 bridgehead atoms. The summed E-state index contributed by atoms with van der Waals surface area (Å²) < 4.78 is 7.18. The Hall–Kier alpha value is -3.18. The van der Waals surface area contributed by atoms with E-state index in [9.17, 15) is 4.79 Å². The number of aryl methyl sites for hydroxylation is 1. The van der Waals surface area contributed by atoms with Crippen LogP contribution in [0.15, 0.2) is 33.6 Å². The lowest BCUT2D eigenvalue weighted by molar-refractivity contribution is 0.115. The standard InChI is InChI=1S/C24H28N6O2/c1-14-13-30(20-11-23(31)28(5)19-8-9-22(25-4)26-24(19)20)15(2)12-29(14)16(3)18-10-21(32-27-18)17-6-7-17/h8-11,14-17H,6-7,12-13H2,1-3,5H3/t14-,15+,16?/m1/s1. The van der Waals surface area contributed by atoms with Crippen LogP contribution in [-0.2, 0) is 7.05 Å². The van der Waals surface area contributed by atoms with Crippen LogP contribution in [0.2, 0.25) is 0 Å². The summed E-state index contributed by atoms with van der Waals surface area (Å²) in [6, 6.07) is 7.81. The van der Waals surface area contributed by atoms with E-state index in [1.165, 1.54) is 12.8 Å². The quantitative estimate of drug-likeness (QED) is 0.580. The van der Waals surface area contributed by atoms with Crippen molar-refractivity contribution in [3.05, 3.63) is 57.5 Å². The Morgan fingerprint density at radius 2 is 1.97 bits per heavy atom. The molecule has 1 aliphatic heterocycles. The summed E-state index contributed by atoms with van der Waals surface area (Å²) in [6.07, 6.45) is 2.39. The number of aromatic nitrogens is 3. The molecule has 3 aromatic rings. The van der Waals surface area contributed by atoms with Crippen LogP contribution in [0.25, 0.3) is 15.9 Å². The number of anilines is 1. The van der Waals surface area contributed by atoms with Crippen molar-refractivity contribution in [2.24, 2.45) is 7.05 Å². The van der Waals surface area contributed by atoms with Gasteiger partial charge in [-0.1, -0.05) is 11.7 Å². The minimum Gasteiger partial charge on any atom is -0.362 e. The van der Waals surface area contributed by atoms with Crippen LogP contribution in [0.1, 0.15) is 57.0 Å². The van der Waals surface area contributed by atoms with Crippen molar-refractivity contribution in [2.45, 2.75) is 57.7 Å². The van der Waals surface area contributed by atoms with Gasteiger partial charge in [0.2, 0.25) is 5.52 Å².